The topological polar surface area (TPSA) is 142 Å². The van der Waals surface area contributed by atoms with Crippen molar-refractivity contribution >= 4 is 19.2 Å². The van der Waals surface area contributed by atoms with Crippen LogP contribution < -0.4 is 10.6 Å². The average molecular weight is 440 g/mol. The van der Waals surface area contributed by atoms with Gasteiger partial charge in [0.25, 0.3) is 11.8 Å². The highest BCUT2D eigenvalue weighted by Crippen LogP contribution is 2.32. The first-order valence-electron chi connectivity index (χ1n) is 9.29. The number of amides is 2. The lowest BCUT2D eigenvalue weighted by molar-refractivity contribution is 0.0926. The zero-order valence-corrected chi connectivity index (χ0v) is 17.5. The maximum Gasteiger partial charge on any atom is 0.289 e. The molecule has 1 unspecified atom stereocenters. The SMILES string of the molecule is CP(=O)(O)CNC(=O)c1ncc(C(=O)NC(c2ccccc2)c2ccccc2)c(O)n1. The number of aromatic hydroxyl groups is 1. The quantitative estimate of drug-likeness (QED) is 0.413. The van der Waals surface area contributed by atoms with Crippen molar-refractivity contribution in [1.82, 2.24) is 20.6 Å². The first kappa shape index (κ1) is 22.1. The van der Waals surface area contributed by atoms with Crippen LogP contribution in [0.3, 0.4) is 0 Å². The number of rotatable bonds is 7. The minimum absolute atomic E-state index is 0.211. The molecule has 1 atom stereocenters. The molecule has 3 rings (SSSR count). The molecule has 0 aliphatic rings. The summed E-state index contributed by atoms with van der Waals surface area (Å²) in [5, 5.41) is 15.2. The van der Waals surface area contributed by atoms with Crippen LogP contribution in [0.15, 0.2) is 66.9 Å². The van der Waals surface area contributed by atoms with Crippen molar-refractivity contribution in [3.05, 3.63) is 89.4 Å². The second-order valence-electron chi connectivity index (χ2n) is 6.87. The Bertz CT molecular complexity index is 1080. The first-order chi connectivity index (χ1) is 14.7. The van der Waals surface area contributed by atoms with E-state index in [-0.39, 0.29) is 5.56 Å². The highest BCUT2D eigenvalue weighted by Gasteiger charge is 2.22. The Hall–Kier alpha value is -3.55. The van der Waals surface area contributed by atoms with Crippen molar-refractivity contribution < 1.29 is 24.2 Å². The van der Waals surface area contributed by atoms with Gasteiger partial charge in [-0.05, 0) is 11.1 Å². The van der Waals surface area contributed by atoms with E-state index in [1.54, 1.807) is 0 Å². The lowest BCUT2D eigenvalue weighted by Crippen LogP contribution is -2.30. The maximum absolute atomic E-state index is 12.8. The Morgan fingerprint density at radius 1 is 1.00 bits per heavy atom. The van der Waals surface area contributed by atoms with Crippen molar-refractivity contribution in [2.75, 3.05) is 13.0 Å². The second-order valence-corrected chi connectivity index (χ2v) is 9.29. The van der Waals surface area contributed by atoms with Gasteiger partial charge in [0.1, 0.15) is 5.56 Å². The smallest absolute Gasteiger partial charge is 0.289 e. The van der Waals surface area contributed by atoms with E-state index in [0.717, 1.165) is 24.0 Å². The number of nitrogens with one attached hydrogen (secondary N) is 2. The van der Waals surface area contributed by atoms with Crippen molar-refractivity contribution in [3.63, 3.8) is 0 Å². The third-order valence-corrected chi connectivity index (χ3v) is 5.04. The van der Waals surface area contributed by atoms with Gasteiger partial charge in [0.05, 0.1) is 12.3 Å². The molecule has 0 aliphatic carbocycles. The van der Waals surface area contributed by atoms with Gasteiger partial charge in [-0.2, -0.15) is 4.98 Å². The van der Waals surface area contributed by atoms with E-state index in [4.69, 9.17) is 0 Å². The summed E-state index contributed by atoms with van der Waals surface area (Å²) in [5.41, 5.74) is 1.47. The second kappa shape index (κ2) is 9.51. The summed E-state index contributed by atoms with van der Waals surface area (Å²) in [5.74, 6) is -2.58. The van der Waals surface area contributed by atoms with Gasteiger partial charge < -0.3 is 20.6 Å². The van der Waals surface area contributed by atoms with E-state index in [1.807, 2.05) is 60.7 Å². The fraction of sp³-hybridized carbons (Fsp3) is 0.143. The predicted octanol–water partition coefficient (Wildman–Crippen LogP) is 2.29. The number of carbonyl (C=O) groups is 2. The number of hydrogen-bond donors (Lipinski definition) is 4. The van der Waals surface area contributed by atoms with Crippen molar-refractivity contribution in [3.8, 4) is 5.88 Å². The minimum Gasteiger partial charge on any atom is -0.493 e. The molecular weight excluding hydrogens is 419 g/mol. The molecule has 0 spiro atoms. The normalized spacial score (nSPS) is 12.7. The molecule has 0 saturated carbocycles. The lowest BCUT2D eigenvalue weighted by Gasteiger charge is -2.20. The van der Waals surface area contributed by atoms with E-state index >= 15 is 0 Å². The van der Waals surface area contributed by atoms with Gasteiger partial charge in [-0.1, -0.05) is 60.7 Å². The lowest BCUT2D eigenvalue weighted by atomic mass is 9.98. The highest BCUT2D eigenvalue weighted by atomic mass is 31.2. The van der Waals surface area contributed by atoms with Crippen LogP contribution in [-0.2, 0) is 4.57 Å². The third kappa shape index (κ3) is 5.97. The molecule has 0 saturated heterocycles. The summed E-state index contributed by atoms with van der Waals surface area (Å²) in [6.07, 6.45) is 0.568. The van der Waals surface area contributed by atoms with Gasteiger partial charge in [0.2, 0.25) is 19.1 Å². The van der Waals surface area contributed by atoms with Gasteiger partial charge in [-0.25, -0.2) is 4.98 Å². The Morgan fingerprint density at radius 2 is 1.55 bits per heavy atom. The minimum atomic E-state index is -3.47. The van der Waals surface area contributed by atoms with Gasteiger partial charge in [-0.15, -0.1) is 0 Å². The number of aromatic nitrogens is 2. The molecule has 10 heteroatoms. The van der Waals surface area contributed by atoms with E-state index in [2.05, 4.69) is 20.6 Å². The summed E-state index contributed by atoms with van der Waals surface area (Å²) >= 11 is 0. The number of benzene rings is 2. The molecule has 4 N–H and O–H groups in total. The summed E-state index contributed by atoms with van der Waals surface area (Å²) in [6, 6.07) is 18.1. The number of nitrogens with zero attached hydrogens (tertiary/aromatic N) is 2. The molecular formula is C21H21N4O5P. The van der Waals surface area contributed by atoms with Crippen LogP contribution in [0, 0.1) is 0 Å². The van der Waals surface area contributed by atoms with E-state index in [9.17, 15) is 24.2 Å². The van der Waals surface area contributed by atoms with Gasteiger partial charge >= 0.3 is 0 Å². The van der Waals surface area contributed by atoms with Crippen LogP contribution in [0.25, 0.3) is 0 Å². The standard InChI is InChI=1S/C21H21N4O5P/c1-31(29,30)13-23-21(28)18-22-12-16(20(27)25-18)19(26)24-17(14-8-4-2-5-9-14)15-10-6-3-7-11-15/h2-12,17H,13H2,1H3,(H,23,28)(H,24,26)(H,29,30)(H,22,25,27). The van der Waals surface area contributed by atoms with Gasteiger partial charge in [0.15, 0.2) is 0 Å². The maximum atomic E-state index is 12.8. The van der Waals surface area contributed by atoms with Crippen LogP contribution in [0.1, 0.15) is 38.1 Å². The Kier molecular flexibility index (Phi) is 6.79. The third-order valence-electron chi connectivity index (χ3n) is 4.29. The molecule has 3 aromatic rings. The van der Waals surface area contributed by atoms with Crippen LogP contribution in [0.5, 0.6) is 5.88 Å². The number of hydrogen-bond acceptors (Lipinski definition) is 6. The molecule has 31 heavy (non-hydrogen) atoms. The Morgan fingerprint density at radius 3 is 2.03 bits per heavy atom. The summed E-state index contributed by atoms with van der Waals surface area (Å²) < 4.78 is 11.3. The molecule has 0 bridgehead atoms. The zero-order valence-electron chi connectivity index (χ0n) is 16.6. The zero-order chi connectivity index (χ0) is 22.4. The molecule has 9 nitrogen and oxygen atoms in total. The highest BCUT2D eigenvalue weighted by molar-refractivity contribution is 7.57. The monoisotopic (exact) mass is 440 g/mol. The molecule has 0 aliphatic heterocycles. The van der Waals surface area contributed by atoms with E-state index in [1.165, 1.54) is 0 Å². The largest absolute Gasteiger partial charge is 0.493 e. The van der Waals surface area contributed by atoms with Crippen LogP contribution in [0.4, 0.5) is 0 Å². The summed E-state index contributed by atoms with van der Waals surface area (Å²) in [6.45, 7) is 1.09. The Labute approximate surface area is 178 Å². The molecule has 1 aromatic heterocycles. The summed E-state index contributed by atoms with van der Waals surface area (Å²) in [4.78, 5) is 41.5. The van der Waals surface area contributed by atoms with Crippen molar-refractivity contribution in [2.24, 2.45) is 0 Å². The molecule has 160 valence electrons. The predicted molar refractivity (Wildman–Crippen MR) is 114 cm³/mol. The van der Waals surface area contributed by atoms with E-state index in [0.29, 0.717) is 0 Å². The molecule has 1 heterocycles. The molecule has 0 radical (unpaired) electrons. The molecule has 0 fully saturated rings. The number of carbonyl (C=O) groups excluding carboxylic acids is 2. The fourth-order valence-electron chi connectivity index (χ4n) is 2.80. The van der Waals surface area contributed by atoms with Crippen molar-refractivity contribution in [2.45, 2.75) is 6.04 Å². The molecule has 2 aromatic carbocycles. The van der Waals surface area contributed by atoms with E-state index < -0.39 is 43.2 Å². The average Bonchev–Trinajstić information content (AvgIpc) is 2.76. The first-order valence-corrected chi connectivity index (χ1v) is 11.6. The van der Waals surface area contributed by atoms with Crippen LogP contribution in [0.2, 0.25) is 0 Å². The van der Waals surface area contributed by atoms with Gasteiger partial charge in [0, 0.05) is 12.9 Å². The summed E-state index contributed by atoms with van der Waals surface area (Å²) in [7, 11) is -3.47. The van der Waals surface area contributed by atoms with Gasteiger partial charge in [-0.3, -0.25) is 14.2 Å². The molecule has 2 amide bonds. The Balaban J connectivity index is 1.81. The van der Waals surface area contributed by atoms with Crippen LogP contribution >= 0.6 is 7.37 Å². The van der Waals surface area contributed by atoms with Crippen molar-refractivity contribution in [1.29, 1.82) is 0 Å². The fourth-order valence-corrected chi connectivity index (χ4v) is 3.24. The van der Waals surface area contributed by atoms with Crippen LogP contribution in [-0.4, -0.2) is 44.7 Å².